The Morgan fingerprint density at radius 2 is 0.600 bits per heavy atom. The molecule has 50 heavy (non-hydrogen) atoms. The molecule has 234 valence electrons. The summed E-state index contributed by atoms with van der Waals surface area (Å²) in [6.07, 6.45) is 0. The van der Waals surface area contributed by atoms with Gasteiger partial charge in [-0.25, -0.2) is 0 Å². The Morgan fingerprint density at radius 1 is 0.240 bits per heavy atom. The van der Waals surface area contributed by atoms with Crippen molar-refractivity contribution >= 4 is 43.6 Å². The lowest BCUT2D eigenvalue weighted by Crippen LogP contribution is -1.99. The maximum Gasteiger partial charge on any atom is 0.0788 e. The van der Waals surface area contributed by atoms with Crippen LogP contribution in [0.5, 0.6) is 0 Å². The molecular formula is C48H32N2. The molecule has 8 aromatic carbocycles. The molecule has 0 fully saturated rings. The van der Waals surface area contributed by atoms with Crippen LogP contribution >= 0.6 is 0 Å². The van der Waals surface area contributed by atoms with Crippen molar-refractivity contribution < 1.29 is 0 Å². The second-order valence-corrected chi connectivity index (χ2v) is 13.0. The van der Waals surface area contributed by atoms with Crippen molar-refractivity contribution in [2.24, 2.45) is 0 Å². The van der Waals surface area contributed by atoms with Gasteiger partial charge in [-0.3, -0.25) is 0 Å². The predicted octanol–water partition coefficient (Wildman–Crippen LogP) is 12.9. The van der Waals surface area contributed by atoms with Gasteiger partial charge >= 0.3 is 0 Å². The molecule has 0 bridgehead atoms. The fraction of sp³-hybridized carbons (Fsp3) is 0. The first-order valence-electron chi connectivity index (χ1n) is 17.2. The van der Waals surface area contributed by atoms with Gasteiger partial charge in [0.05, 0.1) is 22.1 Å². The third kappa shape index (κ3) is 4.50. The zero-order chi connectivity index (χ0) is 33.0. The van der Waals surface area contributed by atoms with Crippen molar-refractivity contribution in [3.63, 3.8) is 0 Å². The molecule has 0 aliphatic heterocycles. The average molecular weight is 637 g/mol. The van der Waals surface area contributed by atoms with Gasteiger partial charge in [0.2, 0.25) is 0 Å². The van der Waals surface area contributed by atoms with Gasteiger partial charge in [-0.2, -0.15) is 0 Å². The van der Waals surface area contributed by atoms with E-state index >= 15 is 0 Å². The fourth-order valence-corrected chi connectivity index (χ4v) is 7.78. The molecule has 0 saturated heterocycles. The van der Waals surface area contributed by atoms with Crippen LogP contribution < -0.4 is 0 Å². The van der Waals surface area contributed by atoms with Gasteiger partial charge in [0.1, 0.15) is 0 Å². The van der Waals surface area contributed by atoms with E-state index in [2.05, 4.69) is 203 Å². The summed E-state index contributed by atoms with van der Waals surface area (Å²) in [5, 5.41) is 5.00. The Labute approximate surface area is 290 Å². The summed E-state index contributed by atoms with van der Waals surface area (Å²) in [7, 11) is 0. The molecule has 0 amide bonds. The summed E-state index contributed by atoms with van der Waals surface area (Å²) >= 11 is 0. The van der Waals surface area contributed by atoms with Crippen LogP contribution in [0.1, 0.15) is 0 Å². The first kappa shape index (κ1) is 28.4. The van der Waals surface area contributed by atoms with Crippen molar-refractivity contribution in [3.05, 3.63) is 194 Å². The van der Waals surface area contributed by atoms with Gasteiger partial charge in [-0.15, -0.1) is 0 Å². The number of fused-ring (bicyclic) bond motifs is 7. The Bertz CT molecular complexity index is 2820. The number of aromatic nitrogens is 2. The summed E-state index contributed by atoms with van der Waals surface area (Å²) < 4.78 is 4.92. The highest BCUT2D eigenvalue weighted by Crippen LogP contribution is 2.42. The molecule has 0 atom stereocenters. The molecule has 2 heterocycles. The minimum absolute atomic E-state index is 1.14. The minimum Gasteiger partial charge on any atom is -0.307 e. The van der Waals surface area contributed by atoms with E-state index < -0.39 is 0 Å². The highest BCUT2D eigenvalue weighted by molar-refractivity contribution is 6.23. The minimum atomic E-state index is 1.14. The lowest BCUT2D eigenvalue weighted by atomic mass is 9.99. The van der Waals surface area contributed by atoms with Crippen molar-refractivity contribution in [1.82, 2.24) is 9.13 Å². The standard InChI is InChI=1S/C48H32N2/c1-3-12-33(13-4-1)35-22-26-39(27-23-35)49-45-20-9-7-18-41(45)43-30-31-44-42-19-8-10-21-46(42)50(48(44)47(43)49)40-28-24-36(25-29-40)38-17-11-16-37(32-38)34-14-5-2-6-15-34/h1-32H. The van der Waals surface area contributed by atoms with Crippen molar-refractivity contribution in [2.75, 3.05) is 0 Å². The lowest BCUT2D eigenvalue weighted by molar-refractivity contribution is 1.15. The molecular weight excluding hydrogens is 605 g/mol. The largest absolute Gasteiger partial charge is 0.307 e. The smallest absolute Gasteiger partial charge is 0.0788 e. The summed E-state index contributed by atoms with van der Waals surface area (Å²) in [5.41, 5.74) is 14.4. The Hall–Kier alpha value is -6.64. The quantitative estimate of drug-likeness (QED) is 0.178. The number of hydrogen-bond acceptors (Lipinski definition) is 0. The third-order valence-corrected chi connectivity index (χ3v) is 10.1. The highest BCUT2D eigenvalue weighted by atomic mass is 15.0. The van der Waals surface area contributed by atoms with E-state index in [9.17, 15) is 0 Å². The summed E-state index contributed by atoms with van der Waals surface area (Å²) in [6, 6.07) is 70.3. The van der Waals surface area contributed by atoms with E-state index in [0.717, 1.165) is 11.4 Å². The molecule has 0 radical (unpaired) electrons. The maximum absolute atomic E-state index is 2.46. The number of benzene rings is 8. The second-order valence-electron chi connectivity index (χ2n) is 13.0. The molecule has 0 unspecified atom stereocenters. The first-order chi connectivity index (χ1) is 24.8. The number of hydrogen-bond donors (Lipinski definition) is 0. The van der Waals surface area contributed by atoms with E-state index in [1.165, 1.54) is 77.0 Å². The highest BCUT2D eigenvalue weighted by Gasteiger charge is 2.21. The van der Waals surface area contributed by atoms with Crippen LogP contribution in [0.3, 0.4) is 0 Å². The SMILES string of the molecule is c1ccc(-c2ccc(-n3c4ccccc4c4ccc5c6ccccc6n(-c6ccc(-c7cccc(-c8ccccc8)c7)cc6)c5c43)cc2)cc1. The average Bonchev–Trinajstić information content (AvgIpc) is 3.72. The van der Waals surface area contributed by atoms with Crippen molar-refractivity contribution in [1.29, 1.82) is 0 Å². The Kier molecular flexibility index (Phi) is 6.53. The molecule has 2 nitrogen and oxygen atoms in total. The summed E-state index contributed by atoms with van der Waals surface area (Å²) in [6.45, 7) is 0. The van der Waals surface area contributed by atoms with E-state index in [1.54, 1.807) is 0 Å². The number of rotatable bonds is 5. The fourth-order valence-electron chi connectivity index (χ4n) is 7.78. The van der Waals surface area contributed by atoms with Crippen LogP contribution in [0.15, 0.2) is 194 Å². The van der Waals surface area contributed by atoms with Crippen LogP contribution in [0.2, 0.25) is 0 Å². The van der Waals surface area contributed by atoms with Gasteiger partial charge in [0.15, 0.2) is 0 Å². The van der Waals surface area contributed by atoms with Gasteiger partial charge < -0.3 is 9.13 Å². The number of nitrogens with zero attached hydrogens (tertiary/aromatic N) is 2. The van der Waals surface area contributed by atoms with E-state index in [0.29, 0.717) is 0 Å². The third-order valence-electron chi connectivity index (χ3n) is 10.1. The van der Waals surface area contributed by atoms with Gasteiger partial charge in [-0.05, 0) is 75.8 Å². The zero-order valence-corrected chi connectivity index (χ0v) is 27.4. The summed E-state index contributed by atoms with van der Waals surface area (Å²) in [4.78, 5) is 0. The zero-order valence-electron chi connectivity index (χ0n) is 27.4. The van der Waals surface area contributed by atoms with Crippen LogP contribution in [0.4, 0.5) is 0 Å². The molecule has 0 aliphatic rings. The van der Waals surface area contributed by atoms with Crippen LogP contribution in [0.25, 0.3) is 88.4 Å². The lowest BCUT2D eigenvalue weighted by Gasteiger charge is -2.14. The maximum atomic E-state index is 2.46. The van der Waals surface area contributed by atoms with Crippen LogP contribution in [0, 0.1) is 0 Å². The van der Waals surface area contributed by atoms with Crippen LogP contribution in [-0.2, 0) is 0 Å². The molecule has 0 aliphatic carbocycles. The Morgan fingerprint density at radius 3 is 1.08 bits per heavy atom. The van der Waals surface area contributed by atoms with Crippen molar-refractivity contribution in [3.8, 4) is 44.8 Å². The molecule has 2 heteroatoms. The van der Waals surface area contributed by atoms with E-state index in [4.69, 9.17) is 0 Å². The van der Waals surface area contributed by atoms with Gasteiger partial charge in [-0.1, -0.05) is 152 Å². The second kappa shape index (κ2) is 11.5. The molecule has 0 saturated carbocycles. The monoisotopic (exact) mass is 636 g/mol. The summed E-state index contributed by atoms with van der Waals surface area (Å²) in [5.74, 6) is 0. The molecule has 0 spiro atoms. The predicted molar refractivity (Wildman–Crippen MR) is 211 cm³/mol. The molecule has 0 N–H and O–H groups in total. The molecule has 10 rings (SSSR count). The number of para-hydroxylation sites is 2. The first-order valence-corrected chi connectivity index (χ1v) is 17.2. The Balaban J connectivity index is 1.19. The van der Waals surface area contributed by atoms with E-state index in [1.807, 2.05) is 0 Å². The molecule has 2 aromatic heterocycles. The van der Waals surface area contributed by atoms with Crippen molar-refractivity contribution in [2.45, 2.75) is 0 Å². The van der Waals surface area contributed by atoms with Crippen LogP contribution in [-0.4, -0.2) is 9.13 Å². The molecule has 10 aromatic rings. The van der Waals surface area contributed by atoms with E-state index in [-0.39, 0.29) is 0 Å². The van der Waals surface area contributed by atoms with Gasteiger partial charge in [0, 0.05) is 32.9 Å². The topological polar surface area (TPSA) is 9.86 Å². The normalized spacial score (nSPS) is 11.6. The van der Waals surface area contributed by atoms with Gasteiger partial charge in [0.25, 0.3) is 0 Å².